The summed E-state index contributed by atoms with van der Waals surface area (Å²) in [4.78, 5) is 9.43. The molecule has 4 heteroatoms. The van der Waals surface area contributed by atoms with Gasteiger partial charge in [0.05, 0.1) is 0 Å². The normalized spacial score (nSPS) is 15.5. The Bertz CT molecular complexity index is 3280. The quantitative estimate of drug-likeness (QED) is 0.178. The van der Waals surface area contributed by atoms with E-state index in [0.29, 0.717) is 11.8 Å². The van der Waals surface area contributed by atoms with Crippen LogP contribution in [0.1, 0.15) is 74.9 Å². The summed E-state index contributed by atoms with van der Waals surface area (Å²) in [6.45, 7) is 14.4. The van der Waals surface area contributed by atoms with E-state index in [0.717, 1.165) is 33.3 Å². The molecule has 0 aliphatic heterocycles. The number of rotatable bonds is 4. The Kier molecular flexibility index (Phi) is 7.17. The second-order valence-corrected chi connectivity index (χ2v) is 19.4. The molecule has 10 aromatic rings. The maximum atomic E-state index is 6.06. The standard InChI is InChI=1S/C59H44N2O2/c1-57(2)45-27-37(33-15-19-35(20-16-33)55-60-51-11-7-9-13-53(51)62-55)23-25-39(45)41-29-49-43(31-47(41)57)44-32-48-42(30-50(44)59(49,5)6)40-26-24-38(28-46(40)58(48,3)4)34-17-21-36(22-18-34)56-61-52-12-8-10-14-54(52)63-56/h7-32H,1-6H3. The van der Waals surface area contributed by atoms with E-state index in [1.54, 1.807) is 0 Å². The molecule has 0 N–H and O–H groups in total. The lowest BCUT2D eigenvalue weighted by Crippen LogP contribution is -2.17. The number of benzene rings is 8. The van der Waals surface area contributed by atoms with Gasteiger partial charge in [-0.2, -0.15) is 0 Å². The van der Waals surface area contributed by atoms with Crippen molar-refractivity contribution in [3.63, 3.8) is 0 Å². The SMILES string of the molecule is CC1(C)c2cc(-c3ccc(-c4nc5ccccc5o4)cc3)ccc2-c2cc3c(cc21)-c1cc2c(cc1C3(C)C)-c1ccc(-c3ccc(-c4nc5ccccc5o4)cc3)cc1C2(C)C. The molecule has 0 spiro atoms. The number of fused-ring (bicyclic) bond motifs is 11. The van der Waals surface area contributed by atoms with Crippen molar-refractivity contribution >= 4 is 22.2 Å². The Morgan fingerprint density at radius 1 is 0.302 bits per heavy atom. The van der Waals surface area contributed by atoms with Crippen LogP contribution in [0.25, 0.3) is 101 Å². The van der Waals surface area contributed by atoms with Gasteiger partial charge >= 0.3 is 0 Å². The molecule has 8 aromatic carbocycles. The van der Waals surface area contributed by atoms with Gasteiger partial charge in [0, 0.05) is 27.4 Å². The lowest BCUT2D eigenvalue weighted by molar-refractivity contribution is 0.619. The number of hydrogen-bond donors (Lipinski definition) is 0. The molecule has 2 aromatic heterocycles. The van der Waals surface area contributed by atoms with Crippen molar-refractivity contribution in [2.75, 3.05) is 0 Å². The molecule has 63 heavy (non-hydrogen) atoms. The molecule has 0 amide bonds. The molecule has 0 unspecified atom stereocenters. The van der Waals surface area contributed by atoms with Crippen LogP contribution < -0.4 is 0 Å². The monoisotopic (exact) mass is 812 g/mol. The van der Waals surface area contributed by atoms with Crippen LogP contribution in [0.2, 0.25) is 0 Å². The van der Waals surface area contributed by atoms with Crippen LogP contribution in [0.5, 0.6) is 0 Å². The summed E-state index contributed by atoms with van der Waals surface area (Å²) in [5.41, 5.74) is 26.2. The van der Waals surface area contributed by atoms with Gasteiger partial charge in [0.15, 0.2) is 11.2 Å². The smallest absolute Gasteiger partial charge is 0.227 e. The Morgan fingerprint density at radius 3 is 0.968 bits per heavy atom. The summed E-state index contributed by atoms with van der Waals surface area (Å²) in [6.07, 6.45) is 0. The zero-order valence-corrected chi connectivity index (χ0v) is 36.2. The van der Waals surface area contributed by atoms with E-state index in [1.807, 2.05) is 48.5 Å². The van der Waals surface area contributed by atoms with Crippen molar-refractivity contribution in [1.82, 2.24) is 9.97 Å². The minimum atomic E-state index is -0.163. The Hall–Kier alpha value is -7.30. The van der Waals surface area contributed by atoms with Gasteiger partial charge in [-0.3, -0.25) is 0 Å². The maximum Gasteiger partial charge on any atom is 0.227 e. The fourth-order valence-corrected chi connectivity index (χ4v) is 11.1. The number of aromatic nitrogens is 2. The Balaban J connectivity index is 0.829. The number of hydrogen-bond acceptors (Lipinski definition) is 4. The van der Waals surface area contributed by atoms with Crippen molar-refractivity contribution in [2.45, 2.75) is 57.8 Å². The lowest BCUT2D eigenvalue weighted by atomic mass is 9.78. The van der Waals surface area contributed by atoms with E-state index >= 15 is 0 Å². The zero-order chi connectivity index (χ0) is 42.6. The molecule has 3 aliphatic rings. The first-order valence-electron chi connectivity index (χ1n) is 22.0. The highest BCUT2D eigenvalue weighted by Crippen LogP contribution is 2.59. The van der Waals surface area contributed by atoms with Crippen LogP contribution >= 0.6 is 0 Å². The van der Waals surface area contributed by atoms with E-state index in [-0.39, 0.29) is 16.2 Å². The first-order chi connectivity index (χ1) is 30.4. The van der Waals surface area contributed by atoms with E-state index in [4.69, 9.17) is 18.8 Å². The van der Waals surface area contributed by atoms with E-state index in [1.165, 1.54) is 89.0 Å². The largest absolute Gasteiger partial charge is 0.436 e. The summed E-state index contributed by atoms with van der Waals surface area (Å²) >= 11 is 0. The molecule has 3 aliphatic carbocycles. The first-order valence-corrected chi connectivity index (χ1v) is 22.0. The summed E-state index contributed by atoms with van der Waals surface area (Å²) in [6, 6.07) is 57.3. The number of nitrogens with zero attached hydrogens (tertiary/aromatic N) is 2. The van der Waals surface area contributed by atoms with Crippen LogP contribution in [0.15, 0.2) is 167 Å². The maximum absolute atomic E-state index is 6.06. The van der Waals surface area contributed by atoms with Crippen molar-refractivity contribution in [1.29, 1.82) is 0 Å². The van der Waals surface area contributed by atoms with Crippen LogP contribution in [0.4, 0.5) is 0 Å². The zero-order valence-electron chi connectivity index (χ0n) is 36.2. The molecule has 0 fully saturated rings. The second-order valence-electron chi connectivity index (χ2n) is 19.4. The molecule has 2 heterocycles. The van der Waals surface area contributed by atoms with Crippen molar-refractivity contribution in [2.24, 2.45) is 0 Å². The van der Waals surface area contributed by atoms with Crippen molar-refractivity contribution in [3.05, 3.63) is 191 Å². The third kappa shape index (κ3) is 5.09. The average molecular weight is 813 g/mol. The predicted molar refractivity (Wildman–Crippen MR) is 256 cm³/mol. The summed E-state index contributed by atoms with van der Waals surface area (Å²) in [5.74, 6) is 1.30. The second kappa shape index (κ2) is 12.4. The molecule has 302 valence electrons. The molecule has 0 bridgehead atoms. The van der Waals surface area contributed by atoms with E-state index < -0.39 is 0 Å². The first kappa shape index (κ1) is 36.4. The molecule has 0 radical (unpaired) electrons. The van der Waals surface area contributed by atoms with Crippen LogP contribution in [-0.2, 0) is 16.2 Å². The van der Waals surface area contributed by atoms with Gasteiger partial charge < -0.3 is 8.83 Å². The van der Waals surface area contributed by atoms with Crippen LogP contribution in [0.3, 0.4) is 0 Å². The minimum Gasteiger partial charge on any atom is -0.436 e. The number of para-hydroxylation sites is 4. The third-order valence-corrected chi connectivity index (χ3v) is 14.8. The summed E-state index contributed by atoms with van der Waals surface area (Å²) in [7, 11) is 0. The number of oxazole rings is 2. The Morgan fingerprint density at radius 2 is 0.603 bits per heavy atom. The van der Waals surface area contributed by atoms with Gasteiger partial charge in [0.1, 0.15) is 11.0 Å². The molecule has 0 atom stereocenters. The fourth-order valence-electron chi connectivity index (χ4n) is 11.1. The van der Waals surface area contributed by atoms with Crippen molar-refractivity contribution in [3.8, 4) is 78.5 Å². The fraction of sp³-hybridized carbons (Fsp3) is 0.153. The van der Waals surface area contributed by atoms with Crippen molar-refractivity contribution < 1.29 is 8.83 Å². The summed E-state index contributed by atoms with van der Waals surface area (Å²) in [5, 5.41) is 0. The summed E-state index contributed by atoms with van der Waals surface area (Å²) < 4.78 is 12.1. The third-order valence-electron chi connectivity index (χ3n) is 14.8. The molecular weight excluding hydrogens is 769 g/mol. The average Bonchev–Trinajstić information content (AvgIpc) is 4.08. The predicted octanol–water partition coefficient (Wildman–Crippen LogP) is 15.6. The van der Waals surface area contributed by atoms with Gasteiger partial charge in [-0.15, -0.1) is 0 Å². The van der Waals surface area contributed by atoms with Gasteiger partial charge in [-0.05, 0) is 174 Å². The van der Waals surface area contributed by atoms with Gasteiger partial charge in [-0.25, -0.2) is 9.97 Å². The topological polar surface area (TPSA) is 52.1 Å². The highest BCUT2D eigenvalue weighted by atomic mass is 16.4. The minimum absolute atomic E-state index is 0.151. The molecule has 0 saturated carbocycles. The highest BCUT2D eigenvalue weighted by Gasteiger charge is 2.44. The van der Waals surface area contributed by atoms with Gasteiger partial charge in [-0.1, -0.05) is 114 Å². The molecular formula is C59H44N2O2. The van der Waals surface area contributed by atoms with E-state index in [2.05, 4.69) is 151 Å². The molecule has 13 rings (SSSR count). The molecule has 4 nitrogen and oxygen atoms in total. The van der Waals surface area contributed by atoms with Crippen LogP contribution in [0, 0.1) is 0 Å². The highest BCUT2D eigenvalue weighted by molar-refractivity contribution is 5.94. The van der Waals surface area contributed by atoms with Gasteiger partial charge in [0.25, 0.3) is 0 Å². The molecule has 0 saturated heterocycles. The lowest BCUT2D eigenvalue weighted by Gasteiger charge is -2.25. The van der Waals surface area contributed by atoms with Crippen LogP contribution in [-0.4, -0.2) is 9.97 Å². The Labute approximate surface area is 366 Å². The van der Waals surface area contributed by atoms with Gasteiger partial charge in [0.2, 0.25) is 11.8 Å². The van der Waals surface area contributed by atoms with E-state index in [9.17, 15) is 0 Å².